The van der Waals surface area contributed by atoms with Gasteiger partial charge in [-0.2, -0.15) is 0 Å². The van der Waals surface area contributed by atoms with Crippen LogP contribution in [0.1, 0.15) is 13.8 Å². The third kappa shape index (κ3) is 2.79. The number of aliphatic hydroxyl groups is 2. The smallest absolute Gasteiger partial charge is 0.131 e. The number of likely N-dealkylation sites (N-methyl/N-ethyl adjacent to an activating group) is 1. The van der Waals surface area contributed by atoms with Gasteiger partial charge in [0.25, 0.3) is 0 Å². The van der Waals surface area contributed by atoms with E-state index in [2.05, 4.69) is 5.32 Å². The Bertz CT molecular complexity index is 75.5. The maximum absolute atomic E-state index is 9.08. The molecule has 0 amide bonds. The fourth-order valence-corrected chi connectivity index (χ4v) is 0.535. The van der Waals surface area contributed by atoms with Gasteiger partial charge in [0, 0.05) is 0 Å². The molecule has 0 aliphatic carbocycles. The van der Waals surface area contributed by atoms with Crippen molar-refractivity contribution in [3.8, 4) is 0 Å². The Balaban J connectivity index is 3.58. The summed E-state index contributed by atoms with van der Waals surface area (Å²) in [6, 6.07) is 0. The lowest BCUT2D eigenvalue weighted by molar-refractivity contribution is -0.0223. The van der Waals surface area contributed by atoms with Gasteiger partial charge in [-0.3, -0.25) is 5.32 Å². The molecular weight excluding hydrogens is 118 g/mol. The zero-order valence-corrected chi connectivity index (χ0v) is 6.13. The van der Waals surface area contributed by atoms with Gasteiger partial charge < -0.3 is 10.2 Å². The second kappa shape index (κ2) is 3.82. The molecular formula is C6H15NO2. The van der Waals surface area contributed by atoms with Crippen molar-refractivity contribution in [3.63, 3.8) is 0 Å². The van der Waals surface area contributed by atoms with Crippen molar-refractivity contribution >= 4 is 0 Å². The van der Waals surface area contributed by atoms with E-state index in [4.69, 9.17) is 10.2 Å². The normalized spacial score (nSPS) is 18.0. The van der Waals surface area contributed by atoms with Crippen molar-refractivity contribution in [3.05, 3.63) is 0 Å². The lowest BCUT2D eigenvalue weighted by atomic mass is 10.1. The summed E-state index contributed by atoms with van der Waals surface area (Å²) in [7, 11) is 1.61. The zero-order valence-electron chi connectivity index (χ0n) is 6.13. The Kier molecular flexibility index (Phi) is 3.77. The lowest BCUT2D eigenvalue weighted by Crippen LogP contribution is -2.40. The third-order valence-electron chi connectivity index (χ3n) is 1.30. The molecule has 0 aliphatic rings. The van der Waals surface area contributed by atoms with Crippen molar-refractivity contribution in [2.24, 2.45) is 5.92 Å². The SMILES string of the molecule is CNC(O)C(O)C(C)C. The lowest BCUT2D eigenvalue weighted by Gasteiger charge is -2.19. The van der Waals surface area contributed by atoms with Crippen LogP contribution in [0.3, 0.4) is 0 Å². The summed E-state index contributed by atoms with van der Waals surface area (Å²) in [6.07, 6.45) is -1.47. The minimum atomic E-state index is -0.801. The van der Waals surface area contributed by atoms with E-state index >= 15 is 0 Å². The van der Waals surface area contributed by atoms with E-state index in [1.807, 2.05) is 13.8 Å². The average molecular weight is 133 g/mol. The average Bonchev–Trinajstić information content (AvgIpc) is 1.84. The molecule has 3 N–H and O–H groups in total. The Labute approximate surface area is 55.7 Å². The molecule has 0 saturated carbocycles. The predicted molar refractivity (Wildman–Crippen MR) is 35.9 cm³/mol. The topological polar surface area (TPSA) is 52.5 Å². The van der Waals surface area contributed by atoms with Crippen molar-refractivity contribution in [1.82, 2.24) is 5.32 Å². The maximum atomic E-state index is 9.08. The number of hydrogen-bond donors (Lipinski definition) is 3. The Morgan fingerprint density at radius 2 is 1.67 bits per heavy atom. The van der Waals surface area contributed by atoms with Crippen LogP contribution in [-0.4, -0.2) is 29.6 Å². The summed E-state index contributed by atoms with van der Waals surface area (Å²) in [5.41, 5.74) is 0. The molecule has 0 aromatic heterocycles. The highest BCUT2D eigenvalue weighted by molar-refractivity contribution is 4.65. The fourth-order valence-electron chi connectivity index (χ4n) is 0.535. The second-order valence-electron chi connectivity index (χ2n) is 2.47. The minimum absolute atomic E-state index is 0.0902. The largest absolute Gasteiger partial charge is 0.389 e. The number of rotatable bonds is 3. The first-order valence-electron chi connectivity index (χ1n) is 3.13. The van der Waals surface area contributed by atoms with E-state index in [0.29, 0.717) is 0 Å². The predicted octanol–water partition coefficient (Wildman–Crippen LogP) is -0.459. The summed E-state index contributed by atoms with van der Waals surface area (Å²) in [6.45, 7) is 3.70. The standard InChI is InChI=1S/C6H15NO2/c1-4(2)5(8)6(9)7-3/h4-9H,1-3H3. The molecule has 0 radical (unpaired) electrons. The summed E-state index contributed by atoms with van der Waals surface area (Å²) < 4.78 is 0. The highest BCUT2D eigenvalue weighted by atomic mass is 16.3. The maximum Gasteiger partial charge on any atom is 0.131 e. The molecule has 0 fully saturated rings. The monoisotopic (exact) mass is 133 g/mol. The summed E-state index contributed by atoms with van der Waals surface area (Å²) in [4.78, 5) is 0. The van der Waals surface area contributed by atoms with E-state index in [0.717, 1.165) is 0 Å². The van der Waals surface area contributed by atoms with E-state index < -0.39 is 12.3 Å². The van der Waals surface area contributed by atoms with E-state index in [-0.39, 0.29) is 5.92 Å². The van der Waals surface area contributed by atoms with E-state index in [1.54, 1.807) is 7.05 Å². The van der Waals surface area contributed by atoms with Crippen LogP contribution in [0.4, 0.5) is 0 Å². The molecule has 0 aliphatic heterocycles. The van der Waals surface area contributed by atoms with Crippen LogP contribution in [-0.2, 0) is 0 Å². The van der Waals surface area contributed by atoms with Gasteiger partial charge in [-0.1, -0.05) is 13.8 Å². The van der Waals surface area contributed by atoms with Crippen molar-refractivity contribution < 1.29 is 10.2 Å². The minimum Gasteiger partial charge on any atom is -0.389 e. The number of hydrogen-bond acceptors (Lipinski definition) is 3. The summed E-state index contributed by atoms with van der Waals surface area (Å²) in [5.74, 6) is 0.0902. The van der Waals surface area contributed by atoms with Gasteiger partial charge in [0.1, 0.15) is 6.23 Å². The Hall–Kier alpha value is -0.120. The van der Waals surface area contributed by atoms with Crippen LogP contribution in [0.25, 0.3) is 0 Å². The van der Waals surface area contributed by atoms with E-state index in [9.17, 15) is 0 Å². The molecule has 3 heteroatoms. The van der Waals surface area contributed by atoms with Gasteiger partial charge in [-0.15, -0.1) is 0 Å². The Morgan fingerprint density at radius 1 is 1.22 bits per heavy atom. The molecule has 0 aromatic rings. The third-order valence-corrected chi connectivity index (χ3v) is 1.30. The molecule has 2 unspecified atom stereocenters. The van der Waals surface area contributed by atoms with Gasteiger partial charge in [0.2, 0.25) is 0 Å². The highest BCUT2D eigenvalue weighted by Crippen LogP contribution is 2.02. The van der Waals surface area contributed by atoms with Gasteiger partial charge >= 0.3 is 0 Å². The molecule has 9 heavy (non-hydrogen) atoms. The van der Waals surface area contributed by atoms with Crippen molar-refractivity contribution in [2.45, 2.75) is 26.2 Å². The molecule has 56 valence electrons. The van der Waals surface area contributed by atoms with Crippen LogP contribution in [0.15, 0.2) is 0 Å². The van der Waals surface area contributed by atoms with Crippen LogP contribution < -0.4 is 5.32 Å². The molecule has 0 heterocycles. The highest BCUT2D eigenvalue weighted by Gasteiger charge is 2.16. The molecule has 0 rings (SSSR count). The Morgan fingerprint density at radius 3 is 1.78 bits per heavy atom. The van der Waals surface area contributed by atoms with Crippen LogP contribution in [0, 0.1) is 5.92 Å². The van der Waals surface area contributed by atoms with Gasteiger partial charge in [-0.05, 0) is 13.0 Å². The van der Waals surface area contributed by atoms with Gasteiger partial charge in [0.05, 0.1) is 6.10 Å². The zero-order chi connectivity index (χ0) is 7.44. The van der Waals surface area contributed by atoms with Gasteiger partial charge in [0.15, 0.2) is 0 Å². The first kappa shape index (κ1) is 8.88. The summed E-state index contributed by atoms with van der Waals surface area (Å²) >= 11 is 0. The van der Waals surface area contributed by atoms with Crippen LogP contribution >= 0.6 is 0 Å². The number of aliphatic hydroxyl groups excluding tert-OH is 2. The number of nitrogens with one attached hydrogen (secondary N) is 1. The van der Waals surface area contributed by atoms with Crippen LogP contribution in [0.2, 0.25) is 0 Å². The molecule has 0 spiro atoms. The molecule has 2 atom stereocenters. The molecule has 0 saturated heterocycles. The quantitative estimate of drug-likeness (QED) is 0.457. The molecule has 3 nitrogen and oxygen atoms in total. The van der Waals surface area contributed by atoms with Crippen LogP contribution in [0.5, 0.6) is 0 Å². The fraction of sp³-hybridized carbons (Fsp3) is 1.00. The summed E-state index contributed by atoms with van der Waals surface area (Å²) in [5, 5.41) is 20.6. The second-order valence-corrected chi connectivity index (χ2v) is 2.47. The van der Waals surface area contributed by atoms with Crippen molar-refractivity contribution in [1.29, 1.82) is 0 Å². The first-order valence-corrected chi connectivity index (χ1v) is 3.13. The molecule has 0 bridgehead atoms. The van der Waals surface area contributed by atoms with Crippen molar-refractivity contribution in [2.75, 3.05) is 7.05 Å². The first-order chi connectivity index (χ1) is 4.09. The van der Waals surface area contributed by atoms with E-state index in [1.165, 1.54) is 0 Å². The van der Waals surface area contributed by atoms with Gasteiger partial charge in [-0.25, -0.2) is 0 Å². The molecule has 0 aromatic carbocycles.